The van der Waals surface area contributed by atoms with Crippen molar-refractivity contribution in [2.75, 3.05) is 11.4 Å². The molecule has 0 amide bonds. The number of hydrogen-bond acceptors (Lipinski definition) is 3. The first-order valence-corrected chi connectivity index (χ1v) is 9.83. The number of anilines is 2. The van der Waals surface area contributed by atoms with Crippen LogP contribution in [0.3, 0.4) is 0 Å². The van der Waals surface area contributed by atoms with E-state index in [0.29, 0.717) is 5.92 Å². The number of rotatable bonds is 6. The summed E-state index contributed by atoms with van der Waals surface area (Å²) in [5, 5.41) is 4.97. The Balaban J connectivity index is 2.04. The summed E-state index contributed by atoms with van der Waals surface area (Å²) < 4.78 is 2.16. The van der Waals surface area contributed by atoms with Gasteiger partial charge in [-0.15, -0.1) is 0 Å². The molecule has 0 fully saturated rings. The summed E-state index contributed by atoms with van der Waals surface area (Å²) in [6.45, 7) is 9.84. The summed E-state index contributed by atoms with van der Waals surface area (Å²) in [5.41, 5.74) is 6.51. The normalized spacial score (nSPS) is 14.2. The third-order valence-electron chi connectivity index (χ3n) is 5.41. The SMILES string of the molecule is CCCC(CCC)c1c2c(nn1C)N(c1cnc(C)cc1C)CCC2. The molecular formula is C21H32N4. The number of pyridine rings is 1. The Morgan fingerprint density at radius 3 is 2.52 bits per heavy atom. The van der Waals surface area contributed by atoms with E-state index in [-0.39, 0.29) is 0 Å². The van der Waals surface area contributed by atoms with Gasteiger partial charge in [0.25, 0.3) is 0 Å². The van der Waals surface area contributed by atoms with Crippen molar-refractivity contribution in [3.63, 3.8) is 0 Å². The van der Waals surface area contributed by atoms with Crippen LogP contribution in [-0.4, -0.2) is 21.3 Å². The van der Waals surface area contributed by atoms with Gasteiger partial charge in [-0.05, 0) is 51.2 Å². The van der Waals surface area contributed by atoms with Crippen molar-refractivity contribution in [1.82, 2.24) is 14.8 Å². The minimum Gasteiger partial charge on any atom is -0.323 e. The standard InChI is InChI=1S/C21H32N4/c1-6-9-17(10-7-2)20-18-11-8-12-25(21(18)23-24(20)5)19-14-22-16(4)13-15(19)3/h13-14,17H,6-12H2,1-5H3. The Morgan fingerprint density at radius 1 is 1.16 bits per heavy atom. The van der Waals surface area contributed by atoms with Gasteiger partial charge in [-0.1, -0.05) is 26.7 Å². The molecule has 4 heteroatoms. The second-order valence-electron chi connectivity index (χ2n) is 7.45. The fourth-order valence-corrected chi connectivity index (χ4v) is 4.37. The van der Waals surface area contributed by atoms with Gasteiger partial charge in [0.2, 0.25) is 0 Å². The summed E-state index contributed by atoms with van der Waals surface area (Å²) in [7, 11) is 2.13. The van der Waals surface area contributed by atoms with E-state index in [1.54, 1.807) is 0 Å². The van der Waals surface area contributed by atoms with Crippen molar-refractivity contribution in [2.24, 2.45) is 7.05 Å². The number of aryl methyl sites for hydroxylation is 3. The second kappa shape index (κ2) is 7.59. The first-order valence-electron chi connectivity index (χ1n) is 9.83. The molecule has 3 rings (SSSR count). The Bertz CT molecular complexity index is 726. The average Bonchev–Trinajstić information content (AvgIpc) is 2.91. The van der Waals surface area contributed by atoms with Gasteiger partial charge >= 0.3 is 0 Å². The van der Waals surface area contributed by atoms with E-state index in [1.807, 2.05) is 6.20 Å². The Morgan fingerprint density at radius 2 is 1.88 bits per heavy atom. The predicted molar refractivity (Wildman–Crippen MR) is 105 cm³/mol. The van der Waals surface area contributed by atoms with Crippen LogP contribution in [0.1, 0.15) is 74.4 Å². The van der Waals surface area contributed by atoms with E-state index < -0.39 is 0 Å². The quantitative estimate of drug-likeness (QED) is 0.725. The number of hydrogen-bond donors (Lipinski definition) is 0. The van der Waals surface area contributed by atoms with Crippen LogP contribution in [0, 0.1) is 13.8 Å². The van der Waals surface area contributed by atoms with Crippen molar-refractivity contribution >= 4 is 11.5 Å². The average molecular weight is 341 g/mol. The number of fused-ring (bicyclic) bond motifs is 1. The lowest BCUT2D eigenvalue weighted by atomic mass is 9.89. The van der Waals surface area contributed by atoms with Gasteiger partial charge in [0.15, 0.2) is 5.82 Å². The predicted octanol–water partition coefficient (Wildman–Crippen LogP) is 5.20. The van der Waals surface area contributed by atoms with Crippen LogP contribution in [0.5, 0.6) is 0 Å². The number of nitrogens with zero attached hydrogens (tertiary/aromatic N) is 4. The molecule has 0 N–H and O–H groups in total. The van der Waals surface area contributed by atoms with Crippen molar-refractivity contribution < 1.29 is 0 Å². The summed E-state index contributed by atoms with van der Waals surface area (Å²) in [4.78, 5) is 6.92. The minimum atomic E-state index is 0.633. The van der Waals surface area contributed by atoms with E-state index in [0.717, 1.165) is 24.5 Å². The second-order valence-corrected chi connectivity index (χ2v) is 7.45. The summed E-state index contributed by atoms with van der Waals surface area (Å²) in [6.07, 6.45) is 9.32. The third kappa shape index (κ3) is 3.44. The molecule has 0 saturated carbocycles. The van der Waals surface area contributed by atoms with Crippen molar-refractivity contribution in [2.45, 2.75) is 72.1 Å². The van der Waals surface area contributed by atoms with Crippen molar-refractivity contribution in [3.8, 4) is 0 Å². The zero-order chi connectivity index (χ0) is 18.0. The van der Waals surface area contributed by atoms with E-state index in [1.165, 1.54) is 54.6 Å². The highest BCUT2D eigenvalue weighted by Gasteiger charge is 2.29. The van der Waals surface area contributed by atoms with Crippen LogP contribution >= 0.6 is 0 Å². The molecule has 2 aromatic heterocycles. The monoisotopic (exact) mass is 340 g/mol. The molecule has 0 bridgehead atoms. The topological polar surface area (TPSA) is 34.0 Å². The summed E-state index contributed by atoms with van der Waals surface area (Å²) >= 11 is 0. The highest BCUT2D eigenvalue weighted by atomic mass is 15.4. The molecule has 0 radical (unpaired) electrons. The van der Waals surface area contributed by atoms with Crippen LogP contribution in [0.15, 0.2) is 12.3 Å². The smallest absolute Gasteiger partial charge is 0.158 e. The lowest BCUT2D eigenvalue weighted by Gasteiger charge is -2.29. The highest BCUT2D eigenvalue weighted by Crippen LogP contribution is 2.40. The van der Waals surface area contributed by atoms with Crippen LogP contribution in [0.4, 0.5) is 11.5 Å². The summed E-state index contributed by atoms with van der Waals surface area (Å²) in [5.74, 6) is 1.79. The van der Waals surface area contributed by atoms with Gasteiger partial charge < -0.3 is 4.90 Å². The van der Waals surface area contributed by atoms with Gasteiger partial charge in [-0.25, -0.2) is 0 Å². The molecule has 3 heterocycles. The Kier molecular flexibility index (Phi) is 5.45. The van der Waals surface area contributed by atoms with Gasteiger partial charge in [0.1, 0.15) is 0 Å². The number of aromatic nitrogens is 3. The van der Waals surface area contributed by atoms with Crippen LogP contribution in [-0.2, 0) is 13.5 Å². The maximum atomic E-state index is 4.97. The fourth-order valence-electron chi connectivity index (χ4n) is 4.37. The molecule has 136 valence electrons. The van der Waals surface area contributed by atoms with Gasteiger partial charge in [-0.2, -0.15) is 5.10 Å². The third-order valence-corrected chi connectivity index (χ3v) is 5.41. The lowest BCUT2D eigenvalue weighted by Crippen LogP contribution is -2.25. The molecule has 0 aromatic carbocycles. The van der Waals surface area contributed by atoms with Crippen LogP contribution in [0.25, 0.3) is 0 Å². The van der Waals surface area contributed by atoms with E-state index in [2.05, 4.69) is 55.4 Å². The Hall–Kier alpha value is -1.84. The molecule has 0 atom stereocenters. The van der Waals surface area contributed by atoms with E-state index >= 15 is 0 Å². The maximum absolute atomic E-state index is 4.97. The summed E-state index contributed by atoms with van der Waals surface area (Å²) in [6, 6.07) is 2.17. The molecule has 2 aromatic rings. The molecule has 0 aliphatic carbocycles. The molecular weight excluding hydrogens is 308 g/mol. The zero-order valence-corrected chi connectivity index (χ0v) is 16.5. The first-order chi connectivity index (χ1) is 12.1. The van der Waals surface area contributed by atoms with E-state index in [9.17, 15) is 0 Å². The molecule has 1 aliphatic rings. The lowest BCUT2D eigenvalue weighted by molar-refractivity contribution is 0.515. The minimum absolute atomic E-state index is 0.633. The molecule has 4 nitrogen and oxygen atoms in total. The van der Waals surface area contributed by atoms with Crippen molar-refractivity contribution in [1.29, 1.82) is 0 Å². The first kappa shape index (κ1) is 18.0. The highest BCUT2D eigenvalue weighted by molar-refractivity contribution is 5.67. The fraction of sp³-hybridized carbons (Fsp3) is 0.619. The van der Waals surface area contributed by atoms with E-state index in [4.69, 9.17) is 5.10 Å². The molecule has 1 aliphatic heterocycles. The largest absolute Gasteiger partial charge is 0.323 e. The van der Waals surface area contributed by atoms with Crippen LogP contribution < -0.4 is 4.90 Å². The van der Waals surface area contributed by atoms with Crippen LogP contribution in [0.2, 0.25) is 0 Å². The van der Waals surface area contributed by atoms with Crippen molar-refractivity contribution in [3.05, 3.63) is 34.8 Å². The maximum Gasteiger partial charge on any atom is 0.158 e. The zero-order valence-electron chi connectivity index (χ0n) is 16.5. The molecule has 0 unspecified atom stereocenters. The molecule has 0 saturated heterocycles. The van der Waals surface area contributed by atoms with Gasteiger partial charge in [0.05, 0.1) is 11.9 Å². The Labute approximate surface area is 152 Å². The van der Waals surface area contributed by atoms with Gasteiger partial charge in [-0.3, -0.25) is 9.67 Å². The van der Waals surface area contributed by atoms with Gasteiger partial charge in [0, 0.05) is 36.5 Å². The molecule has 25 heavy (non-hydrogen) atoms. The molecule has 0 spiro atoms.